The van der Waals surface area contributed by atoms with Gasteiger partial charge >= 0.3 is 0 Å². The number of piperazine rings is 1. The summed E-state index contributed by atoms with van der Waals surface area (Å²) >= 11 is 5.95. The van der Waals surface area contributed by atoms with Gasteiger partial charge in [0.2, 0.25) is 23.6 Å². The Morgan fingerprint density at radius 1 is 0.870 bits per heavy atom. The van der Waals surface area contributed by atoms with Gasteiger partial charge in [-0.25, -0.2) is 14.4 Å². The number of carbonyl (C=O) groups excluding carboxylic acids is 6. The van der Waals surface area contributed by atoms with E-state index in [0.717, 1.165) is 4.90 Å². The van der Waals surface area contributed by atoms with Crippen molar-refractivity contribution in [3.8, 4) is 5.75 Å². The fourth-order valence-electron chi connectivity index (χ4n) is 7.82. The molecule has 2 saturated heterocycles. The number of carbonyl (C=O) groups is 6. The van der Waals surface area contributed by atoms with Crippen molar-refractivity contribution in [1.82, 2.24) is 30.0 Å². The first kappa shape index (κ1) is 50.3. The zero-order valence-corrected chi connectivity index (χ0v) is 38.7. The Hall–Kier alpha value is -6.62. The van der Waals surface area contributed by atoms with Crippen LogP contribution in [0.4, 0.5) is 27.3 Å². The van der Waals surface area contributed by atoms with Crippen LogP contribution in [-0.4, -0.2) is 165 Å². The Kier molecular flexibility index (Phi) is 17.9. The Bertz CT molecular complexity index is 2560. The summed E-state index contributed by atoms with van der Waals surface area (Å²) in [4.78, 5) is 89.4. The Balaban J connectivity index is 0.694. The maximum absolute atomic E-state index is 13.7. The molecule has 1 unspecified atom stereocenters. The molecule has 22 heteroatoms. The van der Waals surface area contributed by atoms with Gasteiger partial charge in [0.25, 0.3) is 11.8 Å². The highest BCUT2D eigenvalue weighted by atomic mass is 35.5. The quantitative estimate of drug-likeness (QED) is 0.0445. The molecule has 3 aliphatic rings. The van der Waals surface area contributed by atoms with Gasteiger partial charge in [-0.05, 0) is 42.8 Å². The molecular weight excluding hydrogens is 921 g/mol. The third-order valence-corrected chi connectivity index (χ3v) is 11.7. The standard InChI is InChI=1S/C47H53ClFN9O11/c1-65-39-28-36-32(44(52-29-51-36)53-30-7-8-34(49)33(48)26-30)27-37(39)54-40(59)6-3-13-56-14-16-57(17-15-56)42(61)11-18-66-20-22-68-24-25-69-23-21-67-19-12-50-35-5-2-4-31-43(35)47(64)58(46(31)63)38-9-10-41(60)55-45(38)62/h2-8,26-29,38,50H,9-25H2,1H3,(H,54,59)(H,51,52,53)(H,55,60,62)/b6-3+. The number of hydrogen-bond donors (Lipinski definition) is 4. The highest BCUT2D eigenvalue weighted by molar-refractivity contribution is 6.31. The molecule has 0 radical (unpaired) electrons. The molecule has 20 nitrogen and oxygen atoms in total. The summed E-state index contributed by atoms with van der Waals surface area (Å²) in [6.45, 7) is 6.00. The largest absolute Gasteiger partial charge is 0.494 e. The van der Waals surface area contributed by atoms with E-state index in [2.05, 4.69) is 36.1 Å². The predicted octanol–water partition coefficient (Wildman–Crippen LogP) is 3.78. The van der Waals surface area contributed by atoms with Crippen molar-refractivity contribution in [1.29, 1.82) is 0 Å². The lowest BCUT2D eigenvalue weighted by molar-refractivity contribution is -0.136. The van der Waals surface area contributed by atoms with Gasteiger partial charge in [0.05, 0.1) is 93.7 Å². The number of fused-ring (bicyclic) bond motifs is 2. The molecule has 69 heavy (non-hydrogen) atoms. The number of amides is 6. The lowest BCUT2D eigenvalue weighted by atomic mass is 10.0. The van der Waals surface area contributed by atoms with Crippen LogP contribution in [-0.2, 0) is 38.1 Å². The van der Waals surface area contributed by atoms with Crippen LogP contribution in [0.25, 0.3) is 10.9 Å². The predicted molar refractivity (Wildman–Crippen MR) is 251 cm³/mol. The van der Waals surface area contributed by atoms with Crippen LogP contribution in [0.2, 0.25) is 5.02 Å². The second kappa shape index (κ2) is 24.6. The first-order valence-corrected chi connectivity index (χ1v) is 22.8. The number of halogens is 2. The van der Waals surface area contributed by atoms with Crippen LogP contribution >= 0.6 is 11.6 Å². The fraction of sp³-hybridized carbons (Fsp3) is 0.404. The number of hydrogen-bond acceptors (Lipinski definition) is 16. The van der Waals surface area contributed by atoms with E-state index in [1.165, 1.54) is 43.8 Å². The molecule has 3 aromatic carbocycles. The molecule has 1 atom stereocenters. The van der Waals surface area contributed by atoms with Crippen LogP contribution in [0.5, 0.6) is 5.75 Å². The molecule has 4 aromatic rings. The molecule has 2 fully saturated rings. The van der Waals surface area contributed by atoms with Gasteiger partial charge in [-0.15, -0.1) is 0 Å². The number of nitrogens with zero attached hydrogens (tertiary/aromatic N) is 5. The number of imide groups is 2. The zero-order valence-electron chi connectivity index (χ0n) is 37.9. The third kappa shape index (κ3) is 13.3. The summed E-state index contributed by atoms with van der Waals surface area (Å²) in [5, 5.41) is 11.9. The minimum Gasteiger partial charge on any atom is -0.494 e. The molecule has 7 rings (SSSR count). The highest BCUT2D eigenvalue weighted by Crippen LogP contribution is 2.34. The first-order valence-electron chi connectivity index (χ1n) is 22.4. The van der Waals surface area contributed by atoms with E-state index in [4.69, 9.17) is 35.3 Å². The number of aromatic nitrogens is 2. The van der Waals surface area contributed by atoms with E-state index < -0.39 is 35.5 Å². The average Bonchev–Trinajstić information content (AvgIpc) is 3.60. The number of nitrogens with one attached hydrogen (secondary N) is 4. The van der Waals surface area contributed by atoms with Gasteiger partial charge in [-0.2, -0.15) is 0 Å². The van der Waals surface area contributed by atoms with Gasteiger partial charge < -0.3 is 44.5 Å². The van der Waals surface area contributed by atoms with Gasteiger partial charge in [-0.1, -0.05) is 23.7 Å². The minimum absolute atomic E-state index is 0.0139. The smallest absolute Gasteiger partial charge is 0.264 e. The van der Waals surface area contributed by atoms with Gasteiger partial charge in [-0.3, -0.25) is 43.9 Å². The van der Waals surface area contributed by atoms with Crippen LogP contribution in [0.3, 0.4) is 0 Å². The molecule has 0 saturated carbocycles. The molecule has 6 amide bonds. The van der Waals surface area contributed by atoms with Crippen molar-refractivity contribution in [3.05, 3.63) is 89.0 Å². The molecule has 1 aromatic heterocycles. The molecular formula is C47H53ClFN9O11. The first-order chi connectivity index (χ1) is 33.5. The van der Waals surface area contributed by atoms with Crippen LogP contribution in [0.15, 0.2) is 67.0 Å². The van der Waals surface area contributed by atoms with E-state index in [-0.39, 0.29) is 53.8 Å². The van der Waals surface area contributed by atoms with Crippen LogP contribution in [0.1, 0.15) is 40.0 Å². The summed E-state index contributed by atoms with van der Waals surface area (Å²) in [7, 11) is 1.49. The molecule has 0 spiro atoms. The van der Waals surface area contributed by atoms with E-state index in [1.807, 2.05) is 4.90 Å². The number of piperidine rings is 1. The second-order valence-electron chi connectivity index (χ2n) is 15.9. The lowest BCUT2D eigenvalue weighted by Gasteiger charge is -2.34. The van der Waals surface area contributed by atoms with Crippen LogP contribution < -0.4 is 26.0 Å². The summed E-state index contributed by atoms with van der Waals surface area (Å²) in [5.41, 5.74) is 2.34. The molecule has 4 N–H and O–H groups in total. The average molecular weight is 974 g/mol. The molecule has 4 heterocycles. The van der Waals surface area contributed by atoms with Gasteiger partial charge in [0.1, 0.15) is 29.8 Å². The monoisotopic (exact) mass is 973 g/mol. The summed E-state index contributed by atoms with van der Waals surface area (Å²) < 4.78 is 41.5. The zero-order chi connectivity index (χ0) is 48.7. The fourth-order valence-corrected chi connectivity index (χ4v) is 8.00. The molecule has 0 bridgehead atoms. The normalized spacial score (nSPS) is 16.3. The van der Waals surface area contributed by atoms with E-state index in [0.29, 0.717) is 125 Å². The second-order valence-corrected chi connectivity index (χ2v) is 16.3. The Morgan fingerprint density at radius 2 is 1.59 bits per heavy atom. The number of methoxy groups -OCH3 is 1. The van der Waals surface area contributed by atoms with Crippen molar-refractivity contribution in [2.24, 2.45) is 0 Å². The van der Waals surface area contributed by atoms with Crippen molar-refractivity contribution in [2.45, 2.75) is 25.3 Å². The SMILES string of the molecule is COc1cc2ncnc(Nc3ccc(F)c(Cl)c3)c2cc1NC(=O)/C=C/CN1CCN(C(=O)CCOCCOCCOCCOCCNc2cccc3c2C(=O)N(C2CCC(=O)NC2=O)C3=O)CC1. The van der Waals surface area contributed by atoms with E-state index in [9.17, 15) is 33.2 Å². The van der Waals surface area contributed by atoms with Gasteiger partial charge in [0, 0.05) is 74.6 Å². The minimum atomic E-state index is -1.03. The van der Waals surface area contributed by atoms with Crippen molar-refractivity contribution in [2.75, 3.05) is 115 Å². The molecule has 366 valence electrons. The van der Waals surface area contributed by atoms with E-state index >= 15 is 0 Å². The summed E-state index contributed by atoms with van der Waals surface area (Å²) in [6, 6.07) is 11.5. The van der Waals surface area contributed by atoms with Crippen molar-refractivity contribution in [3.63, 3.8) is 0 Å². The lowest BCUT2D eigenvalue weighted by Crippen LogP contribution is -2.54. The highest BCUT2D eigenvalue weighted by Gasteiger charge is 2.45. The molecule has 3 aliphatic heterocycles. The van der Waals surface area contributed by atoms with Crippen molar-refractivity contribution < 1.29 is 56.8 Å². The third-order valence-electron chi connectivity index (χ3n) is 11.4. The van der Waals surface area contributed by atoms with E-state index in [1.54, 1.807) is 30.3 Å². The molecule has 0 aliphatic carbocycles. The number of benzene rings is 3. The number of ether oxygens (including phenoxy) is 5. The number of anilines is 4. The Morgan fingerprint density at radius 3 is 2.30 bits per heavy atom. The van der Waals surface area contributed by atoms with Crippen molar-refractivity contribution >= 4 is 80.8 Å². The summed E-state index contributed by atoms with van der Waals surface area (Å²) in [6.07, 6.45) is 5.00. The summed E-state index contributed by atoms with van der Waals surface area (Å²) in [5.74, 6) is -2.28. The topological polar surface area (TPSA) is 232 Å². The van der Waals surface area contributed by atoms with Crippen LogP contribution in [0, 0.1) is 5.82 Å². The maximum atomic E-state index is 13.7. The van der Waals surface area contributed by atoms with Gasteiger partial charge in [0.15, 0.2) is 0 Å². The maximum Gasteiger partial charge on any atom is 0.264 e. The Labute approximate surface area is 401 Å². The number of rotatable bonds is 24.